The molecule has 6 heteroatoms. The molecule has 0 spiro atoms. The van der Waals surface area contributed by atoms with E-state index in [4.69, 9.17) is 9.84 Å². The standard InChI is InChI=1S/C17H10O6/c1-8(18)23-10-3-5-12-14(7-10)16(20)13-6-9(17(21)22)2-4-11(13)15(12)19/h2-7H,1H3,(H,21,22). The Labute approximate surface area is 130 Å². The Kier molecular flexibility index (Phi) is 3.29. The second-order valence-corrected chi connectivity index (χ2v) is 5.02. The summed E-state index contributed by atoms with van der Waals surface area (Å²) in [6.45, 7) is 1.22. The molecular weight excluding hydrogens is 300 g/mol. The Morgan fingerprint density at radius 3 is 2.04 bits per heavy atom. The fraction of sp³-hybridized carbons (Fsp3) is 0.0588. The lowest BCUT2D eigenvalue weighted by molar-refractivity contribution is -0.131. The van der Waals surface area contributed by atoms with Gasteiger partial charge in [0.05, 0.1) is 5.56 Å². The van der Waals surface area contributed by atoms with E-state index in [1.165, 1.54) is 43.3 Å². The van der Waals surface area contributed by atoms with Crippen LogP contribution in [0.25, 0.3) is 0 Å². The van der Waals surface area contributed by atoms with E-state index in [2.05, 4.69) is 0 Å². The van der Waals surface area contributed by atoms with Crippen molar-refractivity contribution in [2.75, 3.05) is 0 Å². The second-order valence-electron chi connectivity index (χ2n) is 5.02. The fourth-order valence-electron chi connectivity index (χ4n) is 2.49. The van der Waals surface area contributed by atoms with Crippen LogP contribution in [-0.4, -0.2) is 28.6 Å². The zero-order chi connectivity index (χ0) is 16.7. The molecule has 1 aliphatic rings. The first-order valence-corrected chi connectivity index (χ1v) is 6.67. The first-order chi connectivity index (χ1) is 10.9. The molecule has 0 amide bonds. The molecule has 0 radical (unpaired) electrons. The molecule has 2 aromatic rings. The molecule has 0 heterocycles. The van der Waals surface area contributed by atoms with Crippen molar-refractivity contribution in [2.24, 2.45) is 0 Å². The summed E-state index contributed by atoms with van der Waals surface area (Å²) in [5.74, 6) is -2.44. The molecule has 0 unspecified atom stereocenters. The summed E-state index contributed by atoms with van der Waals surface area (Å²) in [6, 6.07) is 7.96. The number of ketones is 2. The van der Waals surface area contributed by atoms with Crippen molar-refractivity contribution < 1.29 is 29.0 Å². The molecule has 23 heavy (non-hydrogen) atoms. The van der Waals surface area contributed by atoms with Crippen LogP contribution < -0.4 is 4.74 Å². The van der Waals surface area contributed by atoms with Gasteiger partial charge in [-0.1, -0.05) is 0 Å². The van der Waals surface area contributed by atoms with Gasteiger partial charge in [-0.2, -0.15) is 0 Å². The number of ether oxygens (including phenoxy) is 1. The predicted octanol–water partition coefficient (Wildman–Crippen LogP) is 2.09. The number of esters is 1. The Hall–Kier alpha value is -3.28. The summed E-state index contributed by atoms with van der Waals surface area (Å²) in [5.41, 5.74) is 0.393. The average Bonchev–Trinajstić information content (AvgIpc) is 2.51. The van der Waals surface area contributed by atoms with Gasteiger partial charge in [0.2, 0.25) is 0 Å². The lowest BCUT2D eigenvalue weighted by atomic mass is 9.83. The molecule has 0 aromatic heterocycles. The number of rotatable bonds is 2. The number of hydrogen-bond acceptors (Lipinski definition) is 5. The van der Waals surface area contributed by atoms with Crippen molar-refractivity contribution in [3.8, 4) is 5.75 Å². The summed E-state index contributed by atoms with van der Waals surface area (Å²) < 4.78 is 4.92. The molecule has 1 N–H and O–H groups in total. The first-order valence-electron chi connectivity index (χ1n) is 6.67. The predicted molar refractivity (Wildman–Crippen MR) is 78.0 cm³/mol. The summed E-state index contributed by atoms with van der Waals surface area (Å²) in [7, 11) is 0. The van der Waals surface area contributed by atoms with E-state index in [0.717, 1.165) is 0 Å². The third-order valence-corrected chi connectivity index (χ3v) is 3.50. The van der Waals surface area contributed by atoms with Crippen molar-refractivity contribution in [3.05, 3.63) is 64.2 Å². The van der Waals surface area contributed by atoms with Crippen LogP contribution in [0.2, 0.25) is 0 Å². The molecule has 0 saturated heterocycles. The first kappa shape index (κ1) is 14.6. The Morgan fingerprint density at radius 2 is 1.43 bits per heavy atom. The summed E-state index contributed by atoms with van der Waals surface area (Å²) in [5, 5.41) is 9.02. The SMILES string of the molecule is CC(=O)Oc1ccc2c(c1)C(=O)c1cc(C(=O)O)ccc1C2=O. The van der Waals surface area contributed by atoms with E-state index in [1.807, 2.05) is 0 Å². The number of hydrogen-bond donors (Lipinski definition) is 1. The zero-order valence-electron chi connectivity index (χ0n) is 12.0. The molecule has 0 atom stereocenters. The number of fused-ring (bicyclic) bond motifs is 2. The fourth-order valence-corrected chi connectivity index (χ4v) is 2.49. The summed E-state index contributed by atoms with van der Waals surface area (Å²) in [4.78, 5) is 47.1. The van der Waals surface area contributed by atoms with Crippen LogP contribution in [0.1, 0.15) is 49.1 Å². The monoisotopic (exact) mass is 310 g/mol. The third kappa shape index (κ3) is 2.40. The maximum Gasteiger partial charge on any atom is 0.335 e. The molecule has 0 saturated carbocycles. The lowest BCUT2D eigenvalue weighted by Gasteiger charge is -2.18. The molecule has 0 bridgehead atoms. The molecule has 2 aromatic carbocycles. The van der Waals surface area contributed by atoms with Gasteiger partial charge in [0.1, 0.15) is 5.75 Å². The zero-order valence-corrected chi connectivity index (χ0v) is 12.0. The molecule has 0 fully saturated rings. The summed E-state index contributed by atoms with van der Waals surface area (Å²) >= 11 is 0. The number of aromatic carboxylic acids is 1. The van der Waals surface area contributed by atoms with Crippen molar-refractivity contribution in [2.45, 2.75) is 6.92 Å². The second kappa shape index (κ2) is 5.17. The molecule has 6 nitrogen and oxygen atoms in total. The van der Waals surface area contributed by atoms with Gasteiger partial charge < -0.3 is 9.84 Å². The molecule has 1 aliphatic carbocycles. The Balaban J connectivity index is 2.15. The van der Waals surface area contributed by atoms with Crippen LogP contribution in [0.15, 0.2) is 36.4 Å². The van der Waals surface area contributed by atoms with E-state index in [1.54, 1.807) is 0 Å². The largest absolute Gasteiger partial charge is 0.478 e. The smallest absolute Gasteiger partial charge is 0.335 e. The number of carbonyl (C=O) groups is 4. The topological polar surface area (TPSA) is 97.7 Å². The summed E-state index contributed by atoms with van der Waals surface area (Å²) in [6.07, 6.45) is 0. The van der Waals surface area contributed by atoms with Gasteiger partial charge in [-0.15, -0.1) is 0 Å². The molecule has 114 valence electrons. The highest BCUT2D eigenvalue weighted by atomic mass is 16.5. The van der Waals surface area contributed by atoms with Crippen LogP contribution in [0, 0.1) is 0 Å². The Morgan fingerprint density at radius 1 is 0.870 bits per heavy atom. The van der Waals surface area contributed by atoms with Gasteiger partial charge in [-0.05, 0) is 36.4 Å². The van der Waals surface area contributed by atoms with Gasteiger partial charge >= 0.3 is 11.9 Å². The van der Waals surface area contributed by atoms with E-state index in [9.17, 15) is 19.2 Å². The quantitative estimate of drug-likeness (QED) is 0.575. The van der Waals surface area contributed by atoms with E-state index < -0.39 is 17.7 Å². The van der Waals surface area contributed by atoms with Gasteiger partial charge in [0.25, 0.3) is 0 Å². The van der Waals surface area contributed by atoms with Crippen molar-refractivity contribution in [1.29, 1.82) is 0 Å². The van der Waals surface area contributed by atoms with E-state index >= 15 is 0 Å². The lowest BCUT2D eigenvalue weighted by Crippen LogP contribution is -2.21. The average molecular weight is 310 g/mol. The van der Waals surface area contributed by atoms with E-state index in [0.29, 0.717) is 0 Å². The minimum absolute atomic E-state index is 0.0300. The van der Waals surface area contributed by atoms with Crippen LogP contribution >= 0.6 is 0 Å². The normalized spacial score (nSPS) is 12.4. The van der Waals surface area contributed by atoms with Gasteiger partial charge in [-0.3, -0.25) is 14.4 Å². The number of carboxylic acid groups (broad SMARTS) is 1. The number of carbonyl (C=O) groups excluding carboxylic acids is 3. The van der Waals surface area contributed by atoms with Gasteiger partial charge in [0.15, 0.2) is 11.6 Å². The van der Waals surface area contributed by atoms with Crippen LogP contribution in [0.5, 0.6) is 5.75 Å². The highest BCUT2D eigenvalue weighted by Crippen LogP contribution is 2.30. The van der Waals surface area contributed by atoms with Gasteiger partial charge in [-0.25, -0.2) is 4.79 Å². The highest BCUT2D eigenvalue weighted by molar-refractivity contribution is 6.28. The minimum atomic E-state index is -1.19. The highest BCUT2D eigenvalue weighted by Gasteiger charge is 2.30. The molecule has 0 aliphatic heterocycles. The Bertz CT molecular complexity index is 894. The van der Waals surface area contributed by atoms with Crippen molar-refractivity contribution in [1.82, 2.24) is 0 Å². The maximum atomic E-state index is 12.6. The molecular formula is C17H10O6. The number of carboxylic acids is 1. The van der Waals surface area contributed by atoms with Crippen LogP contribution in [0.4, 0.5) is 0 Å². The molecule has 3 rings (SSSR count). The van der Waals surface area contributed by atoms with Crippen molar-refractivity contribution in [3.63, 3.8) is 0 Å². The maximum absolute atomic E-state index is 12.6. The third-order valence-electron chi connectivity index (χ3n) is 3.50. The number of benzene rings is 2. The van der Waals surface area contributed by atoms with Crippen LogP contribution in [0.3, 0.4) is 0 Å². The minimum Gasteiger partial charge on any atom is -0.478 e. The van der Waals surface area contributed by atoms with Crippen LogP contribution in [-0.2, 0) is 4.79 Å². The van der Waals surface area contributed by atoms with Crippen molar-refractivity contribution >= 4 is 23.5 Å². The van der Waals surface area contributed by atoms with E-state index in [-0.39, 0.29) is 39.4 Å². The van der Waals surface area contributed by atoms with Gasteiger partial charge in [0, 0.05) is 29.2 Å².